The van der Waals surface area contributed by atoms with E-state index in [0.717, 1.165) is 17.3 Å². The van der Waals surface area contributed by atoms with Crippen molar-refractivity contribution in [1.82, 2.24) is 15.0 Å². The highest BCUT2D eigenvalue weighted by Crippen LogP contribution is 2.18. The number of nitrogens with one attached hydrogen (secondary N) is 1. The summed E-state index contributed by atoms with van der Waals surface area (Å²) < 4.78 is 1.15. The number of benzene rings is 1. The molecular formula is C13H16BrN5. The Balaban J connectivity index is 1.88. The van der Waals surface area contributed by atoms with Gasteiger partial charge in [0.2, 0.25) is 11.9 Å². The van der Waals surface area contributed by atoms with Crippen LogP contribution in [0.4, 0.5) is 11.9 Å². The summed E-state index contributed by atoms with van der Waals surface area (Å²) in [5.74, 6) is 0.752. The number of anilines is 2. The lowest BCUT2D eigenvalue weighted by Crippen LogP contribution is -2.18. The number of aromatic nitrogens is 3. The number of aryl methyl sites for hydroxylation is 1. The molecular weight excluding hydrogens is 306 g/mol. The average Bonchev–Trinajstić information content (AvgIpc) is 2.38. The molecule has 6 heteroatoms. The molecule has 0 bridgehead atoms. The van der Waals surface area contributed by atoms with E-state index >= 15 is 0 Å². The van der Waals surface area contributed by atoms with Crippen molar-refractivity contribution in [3.05, 3.63) is 40.6 Å². The molecule has 1 atom stereocenters. The summed E-state index contributed by atoms with van der Waals surface area (Å²) in [6.07, 6.45) is 3.37. The number of hydrogen-bond donors (Lipinski definition) is 2. The van der Waals surface area contributed by atoms with Gasteiger partial charge in [0.15, 0.2) is 0 Å². The molecule has 0 aliphatic carbocycles. The predicted molar refractivity (Wildman–Crippen MR) is 79.8 cm³/mol. The number of nitrogens with zero attached hydrogens (tertiary/aromatic N) is 3. The SMILES string of the molecule is CC(CCc1ccccc1Br)Nc1ncnc(N)n1. The van der Waals surface area contributed by atoms with Gasteiger partial charge in [-0.25, -0.2) is 9.97 Å². The fraction of sp³-hybridized carbons (Fsp3) is 0.308. The standard InChI is InChI=1S/C13H16BrN5/c1-9(18-13-17-8-16-12(15)19-13)6-7-10-4-2-3-5-11(10)14/h2-5,8-9H,6-7H2,1H3,(H3,15,16,17,18,19). The average molecular weight is 322 g/mol. The highest BCUT2D eigenvalue weighted by atomic mass is 79.9. The van der Waals surface area contributed by atoms with E-state index in [2.05, 4.69) is 55.3 Å². The van der Waals surface area contributed by atoms with E-state index in [-0.39, 0.29) is 12.0 Å². The van der Waals surface area contributed by atoms with E-state index in [1.54, 1.807) is 0 Å². The third kappa shape index (κ3) is 4.17. The second-order valence-electron chi connectivity index (χ2n) is 4.34. The normalized spacial score (nSPS) is 12.1. The van der Waals surface area contributed by atoms with Gasteiger partial charge in [0.25, 0.3) is 0 Å². The molecule has 0 amide bonds. The second kappa shape index (κ2) is 6.47. The second-order valence-corrected chi connectivity index (χ2v) is 5.20. The van der Waals surface area contributed by atoms with E-state index in [0.29, 0.717) is 5.95 Å². The Morgan fingerprint density at radius 1 is 1.32 bits per heavy atom. The Morgan fingerprint density at radius 3 is 2.84 bits per heavy atom. The Hall–Kier alpha value is -1.69. The van der Waals surface area contributed by atoms with Crippen molar-refractivity contribution < 1.29 is 0 Å². The zero-order chi connectivity index (χ0) is 13.7. The maximum Gasteiger partial charge on any atom is 0.227 e. The molecule has 3 N–H and O–H groups in total. The fourth-order valence-corrected chi connectivity index (χ4v) is 2.23. The highest BCUT2D eigenvalue weighted by molar-refractivity contribution is 9.10. The van der Waals surface area contributed by atoms with Crippen LogP contribution in [0.5, 0.6) is 0 Å². The molecule has 1 aromatic heterocycles. The Morgan fingerprint density at radius 2 is 2.11 bits per heavy atom. The first kappa shape index (κ1) is 13.7. The molecule has 0 aliphatic heterocycles. The molecule has 0 saturated heterocycles. The van der Waals surface area contributed by atoms with Crippen LogP contribution in [-0.4, -0.2) is 21.0 Å². The van der Waals surface area contributed by atoms with Crippen LogP contribution >= 0.6 is 15.9 Å². The van der Waals surface area contributed by atoms with E-state index in [1.165, 1.54) is 11.9 Å². The smallest absolute Gasteiger partial charge is 0.227 e. The van der Waals surface area contributed by atoms with Gasteiger partial charge in [-0.15, -0.1) is 0 Å². The molecule has 0 saturated carbocycles. The van der Waals surface area contributed by atoms with Crippen LogP contribution in [0.3, 0.4) is 0 Å². The van der Waals surface area contributed by atoms with Gasteiger partial charge < -0.3 is 11.1 Å². The number of rotatable bonds is 5. The van der Waals surface area contributed by atoms with Crippen molar-refractivity contribution in [3.8, 4) is 0 Å². The molecule has 1 aromatic carbocycles. The molecule has 0 aliphatic rings. The van der Waals surface area contributed by atoms with Crippen LogP contribution in [0.2, 0.25) is 0 Å². The Labute approximate surface area is 120 Å². The molecule has 0 fully saturated rings. The molecule has 0 radical (unpaired) electrons. The van der Waals surface area contributed by atoms with Gasteiger partial charge in [-0.3, -0.25) is 0 Å². The largest absolute Gasteiger partial charge is 0.368 e. The fourth-order valence-electron chi connectivity index (χ4n) is 1.74. The van der Waals surface area contributed by atoms with Crippen molar-refractivity contribution in [2.75, 3.05) is 11.1 Å². The van der Waals surface area contributed by atoms with Crippen molar-refractivity contribution in [2.24, 2.45) is 0 Å². The zero-order valence-electron chi connectivity index (χ0n) is 10.7. The van der Waals surface area contributed by atoms with Crippen LogP contribution in [0.15, 0.2) is 35.1 Å². The summed E-state index contributed by atoms with van der Waals surface area (Å²) in [5, 5.41) is 3.21. The number of halogens is 1. The first-order chi connectivity index (χ1) is 9.15. The lowest BCUT2D eigenvalue weighted by atomic mass is 10.1. The van der Waals surface area contributed by atoms with Gasteiger partial charge in [-0.2, -0.15) is 4.98 Å². The van der Waals surface area contributed by atoms with Gasteiger partial charge in [0.1, 0.15) is 6.33 Å². The van der Waals surface area contributed by atoms with Crippen LogP contribution in [0.1, 0.15) is 18.9 Å². The number of nitrogen functional groups attached to an aromatic ring is 1. The minimum atomic E-state index is 0.232. The zero-order valence-corrected chi connectivity index (χ0v) is 12.3. The predicted octanol–water partition coefficient (Wildman–Crippen LogP) is 2.65. The first-order valence-corrected chi connectivity index (χ1v) is 6.89. The molecule has 1 unspecified atom stereocenters. The third-order valence-corrected chi connectivity index (χ3v) is 3.54. The van der Waals surface area contributed by atoms with E-state index in [9.17, 15) is 0 Å². The van der Waals surface area contributed by atoms with Gasteiger partial charge in [-0.05, 0) is 31.4 Å². The maximum absolute atomic E-state index is 5.51. The van der Waals surface area contributed by atoms with Crippen LogP contribution in [0.25, 0.3) is 0 Å². The van der Waals surface area contributed by atoms with Gasteiger partial charge in [-0.1, -0.05) is 34.1 Å². The van der Waals surface area contributed by atoms with Crippen LogP contribution < -0.4 is 11.1 Å². The Bertz CT molecular complexity index is 546. The van der Waals surface area contributed by atoms with E-state index in [1.807, 2.05) is 12.1 Å². The summed E-state index contributed by atoms with van der Waals surface area (Å²) in [4.78, 5) is 11.8. The summed E-state index contributed by atoms with van der Waals surface area (Å²) in [6, 6.07) is 8.50. The summed E-state index contributed by atoms with van der Waals surface area (Å²) in [5.41, 5.74) is 6.81. The van der Waals surface area contributed by atoms with Crippen molar-refractivity contribution in [2.45, 2.75) is 25.8 Å². The van der Waals surface area contributed by atoms with Gasteiger partial charge >= 0.3 is 0 Å². The number of hydrogen-bond acceptors (Lipinski definition) is 5. The lowest BCUT2D eigenvalue weighted by Gasteiger charge is -2.14. The number of nitrogens with two attached hydrogens (primary N) is 1. The molecule has 19 heavy (non-hydrogen) atoms. The molecule has 2 aromatic rings. The summed E-state index contributed by atoms with van der Waals surface area (Å²) in [7, 11) is 0. The first-order valence-electron chi connectivity index (χ1n) is 6.09. The van der Waals surface area contributed by atoms with Gasteiger partial charge in [0, 0.05) is 10.5 Å². The molecule has 0 spiro atoms. The topological polar surface area (TPSA) is 76.7 Å². The Kier molecular flexibility index (Phi) is 4.68. The maximum atomic E-state index is 5.51. The molecule has 5 nitrogen and oxygen atoms in total. The minimum Gasteiger partial charge on any atom is -0.368 e. The van der Waals surface area contributed by atoms with Crippen molar-refractivity contribution in [1.29, 1.82) is 0 Å². The summed E-state index contributed by atoms with van der Waals surface area (Å²) in [6.45, 7) is 2.09. The third-order valence-electron chi connectivity index (χ3n) is 2.77. The minimum absolute atomic E-state index is 0.232. The van der Waals surface area contributed by atoms with Crippen molar-refractivity contribution in [3.63, 3.8) is 0 Å². The summed E-state index contributed by atoms with van der Waals surface area (Å²) >= 11 is 3.55. The lowest BCUT2D eigenvalue weighted by molar-refractivity contribution is 0.697. The van der Waals surface area contributed by atoms with Crippen LogP contribution in [-0.2, 0) is 6.42 Å². The van der Waals surface area contributed by atoms with Gasteiger partial charge in [0.05, 0.1) is 0 Å². The molecule has 100 valence electrons. The van der Waals surface area contributed by atoms with E-state index in [4.69, 9.17) is 5.73 Å². The van der Waals surface area contributed by atoms with E-state index < -0.39 is 0 Å². The molecule has 2 rings (SSSR count). The van der Waals surface area contributed by atoms with Crippen molar-refractivity contribution >= 4 is 27.8 Å². The quantitative estimate of drug-likeness (QED) is 0.885. The highest BCUT2D eigenvalue weighted by Gasteiger charge is 2.06. The molecule has 1 heterocycles. The van der Waals surface area contributed by atoms with Crippen LogP contribution in [0, 0.1) is 0 Å². The monoisotopic (exact) mass is 321 g/mol.